The number of carbonyl (C=O) groups excluding carboxylic acids is 1. The van der Waals surface area contributed by atoms with E-state index in [2.05, 4.69) is 4.98 Å². The number of oxazole rings is 1. The summed E-state index contributed by atoms with van der Waals surface area (Å²) in [5.41, 5.74) is 7.39. The van der Waals surface area contributed by atoms with E-state index in [1.807, 2.05) is 6.07 Å². The van der Waals surface area contributed by atoms with Crippen molar-refractivity contribution in [3.05, 3.63) is 36.1 Å². The van der Waals surface area contributed by atoms with Crippen LogP contribution in [0.1, 0.15) is 10.4 Å². The Balaban J connectivity index is 2.46. The third kappa shape index (κ3) is 1.50. The fourth-order valence-electron chi connectivity index (χ4n) is 1.19. The van der Waals surface area contributed by atoms with Crippen LogP contribution in [0, 0.1) is 0 Å². The molecule has 0 fully saturated rings. The lowest BCUT2D eigenvalue weighted by molar-refractivity contribution is 0.112. The number of rotatable bonds is 2. The number of hydrogen-bond acceptors (Lipinski definition) is 4. The zero-order valence-electron chi connectivity index (χ0n) is 7.31. The first-order valence-electron chi connectivity index (χ1n) is 4.06. The SMILES string of the molecule is Nc1nc(-c2cccc(C=O)c2)co1. The Morgan fingerprint density at radius 2 is 2.29 bits per heavy atom. The van der Waals surface area contributed by atoms with Crippen LogP contribution < -0.4 is 5.73 Å². The van der Waals surface area contributed by atoms with E-state index in [1.165, 1.54) is 6.26 Å². The number of nitrogens with two attached hydrogens (primary N) is 1. The predicted molar refractivity (Wildman–Crippen MR) is 51.7 cm³/mol. The summed E-state index contributed by atoms with van der Waals surface area (Å²) in [6.45, 7) is 0. The molecule has 14 heavy (non-hydrogen) atoms. The highest BCUT2D eigenvalue weighted by molar-refractivity contribution is 5.78. The zero-order valence-corrected chi connectivity index (χ0v) is 7.31. The Bertz CT molecular complexity index is 463. The van der Waals surface area contributed by atoms with Crippen molar-refractivity contribution in [2.75, 3.05) is 5.73 Å². The molecule has 0 spiro atoms. The number of carbonyl (C=O) groups is 1. The highest BCUT2D eigenvalue weighted by Gasteiger charge is 2.03. The molecule has 0 atom stereocenters. The number of benzene rings is 1. The molecule has 1 heterocycles. The smallest absolute Gasteiger partial charge is 0.292 e. The van der Waals surface area contributed by atoms with E-state index in [9.17, 15) is 4.79 Å². The topological polar surface area (TPSA) is 69.1 Å². The molecule has 2 aromatic rings. The average Bonchev–Trinajstić information content (AvgIpc) is 2.65. The summed E-state index contributed by atoms with van der Waals surface area (Å²) in [6.07, 6.45) is 2.24. The lowest BCUT2D eigenvalue weighted by Gasteiger charge is -1.95. The largest absolute Gasteiger partial charge is 0.432 e. The summed E-state index contributed by atoms with van der Waals surface area (Å²) >= 11 is 0. The highest BCUT2D eigenvalue weighted by Crippen LogP contribution is 2.19. The van der Waals surface area contributed by atoms with Crippen LogP contribution >= 0.6 is 0 Å². The molecule has 4 heteroatoms. The van der Waals surface area contributed by atoms with Gasteiger partial charge in [-0.2, -0.15) is 4.98 Å². The minimum Gasteiger partial charge on any atom is -0.432 e. The van der Waals surface area contributed by atoms with Gasteiger partial charge in [0, 0.05) is 11.1 Å². The molecule has 70 valence electrons. The Morgan fingerprint density at radius 3 is 2.93 bits per heavy atom. The first-order valence-corrected chi connectivity index (χ1v) is 4.06. The molecule has 2 rings (SSSR count). The van der Waals surface area contributed by atoms with E-state index in [4.69, 9.17) is 10.2 Å². The minimum atomic E-state index is 0.122. The van der Waals surface area contributed by atoms with Crippen molar-refractivity contribution in [1.29, 1.82) is 0 Å². The highest BCUT2D eigenvalue weighted by atomic mass is 16.4. The van der Waals surface area contributed by atoms with E-state index in [0.717, 1.165) is 11.8 Å². The molecular weight excluding hydrogens is 180 g/mol. The standard InChI is InChI=1S/C10H8N2O2/c11-10-12-9(6-14-10)8-3-1-2-7(4-8)5-13/h1-6H,(H2,11,12). The average molecular weight is 188 g/mol. The monoisotopic (exact) mass is 188 g/mol. The molecule has 0 aliphatic heterocycles. The molecule has 0 saturated heterocycles. The van der Waals surface area contributed by atoms with Crippen molar-refractivity contribution in [1.82, 2.24) is 4.98 Å². The second kappa shape index (κ2) is 3.33. The summed E-state index contributed by atoms with van der Waals surface area (Å²) < 4.78 is 4.87. The van der Waals surface area contributed by atoms with Crippen LogP contribution in [0.4, 0.5) is 6.01 Å². The van der Waals surface area contributed by atoms with E-state index in [0.29, 0.717) is 11.3 Å². The van der Waals surface area contributed by atoms with Gasteiger partial charge in [0.05, 0.1) is 0 Å². The van der Waals surface area contributed by atoms with Gasteiger partial charge in [-0.3, -0.25) is 4.79 Å². The second-order valence-corrected chi connectivity index (χ2v) is 2.81. The molecule has 2 N–H and O–H groups in total. The first-order chi connectivity index (χ1) is 6.79. The van der Waals surface area contributed by atoms with Gasteiger partial charge in [0.25, 0.3) is 6.01 Å². The van der Waals surface area contributed by atoms with Gasteiger partial charge in [-0.25, -0.2) is 0 Å². The normalized spacial score (nSPS) is 10.0. The van der Waals surface area contributed by atoms with E-state index in [1.54, 1.807) is 18.2 Å². The number of nitrogen functional groups attached to an aromatic ring is 1. The van der Waals surface area contributed by atoms with Crippen molar-refractivity contribution in [2.24, 2.45) is 0 Å². The maximum atomic E-state index is 10.5. The van der Waals surface area contributed by atoms with Gasteiger partial charge in [-0.15, -0.1) is 0 Å². The van der Waals surface area contributed by atoms with Crippen LogP contribution in [-0.2, 0) is 0 Å². The Hall–Kier alpha value is -2.10. The lowest BCUT2D eigenvalue weighted by atomic mass is 10.1. The van der Waals surface area contributed by atoms with E-state index >= 15 is 0 Å². The van der Waals surface area contributed by atoms with Crippen LogP contribution in [0.5, 0.6) is 0 Å². The van der Waals surface area contributed by atoms with Crippen molar-refractivity contribution in [3.63, 3.8) is 0 Å². The fraction of sp³-hybridized carbons (Fsp3) is 0. The summed E-state index contributed by atoms with van der Waals surface area (Å²) in [5.74, 6) is 0. The van der Waals surface area contributed by atoms with Gasteiger partial charge in [0.2, 0.25) is 0 Å². The van der Waals surface area contributed by atoms with Gasteiger partial charge < -0.3 is 10.2 Å². The molecular formula is C10H8N2O2. The molecule has 0 bridgehead atoms. The van der Waals surface area contributed by atoms with Gasteiger partial charge in [-0.1, -0.05) is 18.2 Å². The molecule has 0 radical (unpaired) electrons. The van der Waals surface area contributed by atoms with Crippen molar-refractivity contribution >= 4 is 12.3 Å². The quantitative estimate of drug-likeness (QED) is 0.728. The lowest BCUT2D eigenvalue weighted by Crippen LogP contribution is -1.85. The number of aldehydes is 1. The third-order valence-corrected chi connectivity index (χ3v) is 1.84. The molecule has 4 nitrogen and oxygen atoms in total. The van der Waals surface area contributed by atoms with Gasteiger partial charge in [0.1, 0.15) is 18.2 Å². The van der Waals surface area contributed by atoms with Gasteiger partial charge >= 0.3 is 0 Å². The van der Waals surface area contributed by atoms with Crippen LogP contribution in [0.2, 0.25) is 0 Å². The Kier molecular flexibility index (Phi) is 2.02. The second-order valence-electron chi connectivity index (χ2n) is 2.81. The number of nitrogens with zero attached hydrogens (tertiary/aromatic N) is 1. The Morgan fingerprint density at radius 1 is 1.43 bits per heavy atom. The van der Waals surface area contributed by atoms with Crippen LogP contribution in [-0.4, -0.2) is 11.3 Å². The predicted octanol–water partition coefficient (Wildman–Crippen LogP) is 1.74. The van der Waals surface area contributed by atoms with Crippen molar-refractivity contribution < 1.29 is 9.21 Å². The summed E-state index contributed by atoms with van der Waals surface area (Å²) in [7, 11) is 0. The third-order valence-electron chi connectivity index (χ3n) is 1.84. The van der Waals surface area contributed by atoms with Crippen molar-refractivity contribution in [2.45, 2.75) is 0 Å². The zero-order chi connectivity index (χ0) is 9.97. The van der Waals surface area contributed by atoms with Gasteiger partial charge in [-0.05, 0) is 6.07 Å². The number of aromatic nitrogens is 1. The molecule has 1 aromatic carbocycles. The Labute approximate surface area is 80.4 Å². The summed E-state index contributed by atoms with van der Waals surface area (Å²) in [6, 6.07) is 7.19. The molecule has 0 aliphatic rings. The summed E-state index contributed by atoms with van der Waals surface area (Å²) in [4.78, 5) is 14.5. The fourth-order valence-corrected chi connectivity index (χ4v) is 1.19. The molecule has 0 unspecified atom stereocenters. The van der Waals surface area contributed by atoms with Crippen LogP contribution in [0.25, 0.3) is 11.3 Å². The van der Waals surface area contributed by atoms with E-state index in [-0.39, 0.29) is 6.01 Å². The maximum Gasteiger partial charge on any atom is 0.292 e. The van der Waals surface area contributed by atoms with Gasteiger partial charge in [0.15, 0.2) is 0 Å². The van der Waals surface area contributed by atoms with Crippen LogP contribution in [0.3, 0.4) is 0 Å². The molecule has 0 aliphatic carbocycles. The molecule has 1 aromatic heterocycles. The molecule has 0 amide bonds. The van der Waals surface area contributed by atoms with Crippen molar-refractivity contribution in [3.8, 4) is 11.3 Å². The minimum absolute atomic E-state index is 0.122. The first kappa shape index (κ1) is 8.50. The van der Waals surface area contributed by atoms with E-state index < -0.39 is 0 Å². The summed E-state index contributed by atoms with van der Waals surface area (Å²) in [5, 5.41) is 0. The number of anilines is 1. The molecule has 0 saturated carbocycles. The number of hydrogen-bond donors (Lipinski definition) is 1. The van der Waals surface area contributed by atoms with Crippen LogP contribution in [0.15, 0.2) is 34.9 Å². The maximum absolute atomic E-state index is 10.5.